The zero-order valence-electron chi connectivity index (χ0n) is 18.9. The van der Waals surface area contributed by atoms with Crippen molar-refractivity contribution >= 4 is 5.97 Å². The summed E-state index contributed by atoms with van der Waals surface area (Å²) in [5, 5.41) is 0. The Kier molecular flexibility index (Phi) is 9.51. The van der Waals surface area contributed by atoms with Crippen LogP contribution in [-0.4, -0.2) is 12.6 Å². The molecular weight excluding hydrogens is 410 g/mol. The molecule has 5 heteroatoms. The van der Waals surface area contributed by atoms with Crippen molar-refractivity contribution in [1.82, 2.24) is 0 Å². The molecule has 32 heavy (non-hydrogen) atoms. The van der Waals surface area contributed by atoms with Crippen LogP contribution in [0, 0.1) is 17.6 Å². The van der Waals surface area contributed by atoms with Gasteiger partial charge in [-0.3, -0.25) is 0 Å². The van der Waals surface area contributed by atoms with E-state index in [0.29, 0.717) is 12.4 Å². The van der Waals surface area contributed by atoms with Crippen molar-refractivity contribution in [2.45, 2.75) is 77.6 Å². The molecular formula is C27H33F2O3. The normalized spacial score (nSPS) is 14.3. The summed E-state index contributed by atoms with van der Waals surface area (Å²) in [7, 11) is 0. The summed E-state index contributed by atoms with van der Waals surface area (Å²) in [6.07, 6.45) is 12.3. The van der Waals surface area contributed by atoms with E-state index in [4.69, 9.17) is 9.47 Å². The van der Waals surface area contributed by atoms with Crippen LogP contribution >= 0.6 is 0 Å². The van der Waals surface area contributed by atoms with Crippen molar-refractivity contribution in [3.05, 3.63) is 65.1 Å². The van der Waals surface area contributed by atoms with Crippen LogP contribution in [0.5, 0.6) is 11.5 Å². The number of carbonyl (C=O) groups excluding carboxylic acids is 1. The summed E-state index contributed by atoms with van der Waals surface area (Å²) < 4.78 is 39.5. The largest absolute Gasteiger partial charge is 0.490 e. The second-order valence-electron chi connectivity index (χ2n) is 8.43. The van der Waals surface area contributed by atoms with E-state index >= 15 is 0 Å². The number of hydrogen-bond acceptors (Lipinski definition) is 3. The number of hydrogen-bond donors (Lipinski definition) is 0. The molecule has 1 aliphatic carbocycles. The maximum absolute atomic E-state index is 14.5. The van der Waals surface area contributed by atoms with Crippen molar-refractivity contribution in [3.63, 3.8) is 0 Å². The summed E-state index contributed by atoms with van der Waals surface area (Å²) in [6, 6.07) is 9.72. The number of benzene rings is 2. The predicted molar refractivity (Wildman–Crippen MR) is 122 cm³/mol. The predicted octanol–water partition coefficient (Wildman–Crippen LogP) is 7.81. The van der Waals surface area contributed by atoms with Crippen LogP contribution in [0.2, 0.25) is 0 Å². The molecule has 2 aromatic carbocycles. The number of esters is 1. The third-order valence-corrected chi connectivity index (χ3v) is 5.95. The molecule has 3 nitrogen and oxygen atoms in total. The quantitative estimate of drug-likeness (QED) is 0.202. The van der Waals surface area contributed by atoms with Crippen molar-refractivity contribution in [1.29, 1.82) is 0 Å². The molecule has 1 fully saturated rings. The monoisotopic (exact) mass is 443 g/mol. The molecule has 3 rings (SSSR count). The lowest BCUT2D eigenvalue weighted by Crippen LogP contribution is -2.13. The van der Waals surface area contributed by atoms with Gasteiger partial charge >= 0.3 is 5.97 Å². The Morgan fingerprint density at radius 2 is 1.53 bits per heavy atom. The van der Waals surface area contributed by atoms with Gasteiger partial charge < -0.3 is 9.47 Å². The first kappa shape index (κ1) is 24.2. The Hall–Kier alpha value is -2.43. The van der Waals surface area contributed by atoms with E-state index in [1.165, 1.54) is 56.6 Å². The SMILES string of the molecule is CCCCCCCCOc1ccc(C(=O)Oc2ccc([C]3CCCCC3)cc2)c(F)c1F. The van der Waals surface area contributed by atoms with Gasteiger partial charge in [0.05, 0.1) is 12.2 Å². The topological polar surface area (TPSA) is 35.5 Å². The molecule has 0 spiro atoms. The molecule has 0 heterocycles. The number of unbranched alkanes of at least 4 members (excludes halogenated alkanes) is 5. The maximum Gasteiger partial charge on any atom is 0.346 e. The number of halogens is 2. The minimum absolute atomic E-state index is 0.179. The van der Waals surface area contributed by atoms with Crippen LogP contribution in [0.1, 0.15) is 93.5 Å². The second-order valence-corrected chi connectivity index (χ2v) is 8.43. The van der Waals surface area contributed by atoms with Gasteiger partial charge in [0.1, 0.15) is 5.75 Å². The summed E-state index contributed by atoms with van der Waals surface area (Å²) in [5.41, 5.74) is 0.703. The highest BCUT2D eigenvalue weighted by atomic mass is 19.2. The molecule has 1 radical (unpaired) electrons. The highest BCUT2D eigenvalue weighted by molar-refractivity contribution is 5.91. The van der Waals surface area contributed by atoms with Gasteiger partial charge in [-0.05, 0) is 49.1 Å². The van der Waals surface area contributed by atoms with Gasteiger partial charge in [0.25, 0.3) is 0 Å². The van der Waals surface area contributed by atoms with Crippen LogP contribution in [0.3, 0.4) is 0 Å². The zero-order valence-corrected chi connectivity index (χ0v) is 18.9. The Morgan fingerprint density at radius 1 is 0.844 bits per heavy atom. The first-order valence-corrected chi connectivity index (χ1v) is 11.9. The molecule has 1 aliphatic rings. The molecule has 0 saturated heterocycles. The van der Waals surface area contributed by atoms with Gasteiger partial charge in [-0.25, -0.2) is 9.18 Å². The lowest BCUT2D eigenvalue weighted by molar-refractivity contribution is 0.0728. The Bertz CT molecular complexity index is 858. The van der Waals surface area contributed by atoms with Gasteiger partial charge in [-0.15, -0.1) is 0 Å². The van der Waals surface area contributed by atoms with E-state index in [2.05, 4.69) is 6.92 Å². The first-order valence-electron chi connectivity index (χ1n) is 11.9. The number of ether oxygens (including phenoxy) is 2. The van der Waals surface area contributed by atoms with Crippen LogP contribution in [-0.2, 0) is 0 Å². The molecule has 173 valence electrons. The van der Waals surface area contributed by atoms with Crippen molar-refractivity contribution in [2.24, 2.45) is 0 Å². The van der Waals surface area contributed by atoms with Gasteiger partial charge in [0.2, 0.25) is 5.82 Å². The van der Waals surface area contributed by atoms with E-state index in [9.17, 15) is 13.6 Å². The fraction of sp³-hybridized carbons (Fsp3) is 0.481. The minimum atomic E-state index is -1.25. The first-order chi connectivity index (χ1) is 15.6. The van der Waals surface area contributed by atoms with Crippen LogP contribution < -0.4 is 9.47 Å². The van der Waals surface area contributed by atoms with Crippen molar-refractivity contribution in [3.8, 4) is 11.5 Å². The van der Waals surface area contributed by atoms with Crippen LogP contribution in [0.15, 0.2) is 36.4 Å². The maximum atomic E-state index is 14.5. The fourth-order valence-electron chi connectivity index (χ4n) is 4.05. The van der Waals surface area contributed by atoms with Crippen LogP contribution in [0.4, 0.5) is 8.78 Å². The molecule has 0 atom stereocenters. The summed E-state index contributed by atoms with van der Waals surface area (Å²) >= 11 is 0. The molecule has 0 amide bonds. The minimum Gasteiger partial charge on any atom is -0.490 e. The standard InChI is InChI=1S/C27H33F2O3/c1-2-3-4-5-6-10-19-31-24-18-17-23(25(28)26(24)29)27(30)32-22-15-13-21(14-16-22)20-11-8-7-9-12-20/h13-18H,2-12,19H2,1H3. The van der Waals surface area contributed by atoms with E-state index < -0.39 is 23.2 Å². The summed E-state index contributed by atoms with van der Waals surface area (Å²) in [6.45, 7) is 2.48. The smallest absolute Gasteiger partial charge is 0.346 e. The highest BCUT2D eigenvalue weighted by Gasteiger charge is 2.22. The Labute approximate surface area is 190 Å². The second kappa shape index (κ2) is 12.6. The average Bonchev–Trinajstić information content (AvgIpc) is 2.82. The molecule has 1 saturated carbocycles. The van der Waals surface area contributed by atoms with Gasteiger partial charge in [0, 0.05) is 5.92 Å². The Balaban J connectivity index is 1.53. The highest BCUT2D eigenvalue weighted by Crippen LogP contribution is 2.32. The Morgan fingerprint density at radius 3 is 2.25 bits per heavy atom. The van der Waals surface area contributed by atoms with Crippen LogP contribution in [0.25, 0.3) is 0 Å². The molecule has 0 aromatic heterocycles. The summed E-state index contributed by atoms with van der Waals surface area (Å²) in [5.74, 6) is -1.79. The van der Waals surface area contributed by atoms with Crippen molar-refractivity contribution in [2.75, 3.05) is 6.61 Å². The molecule has 0 aliphatic heterocycles. The van der Waals surface area contributed by atoms with Gasteiger partial charge in [-0.1, -0.05) is 70.4 Å². The average molecular weight is 444 g/mol. The van der Waals surface area contributed by atoms with Gasteiger partial charge in [-0.2, -0.15) is 4.39 Å². The lowest BCUT2D eigenvalue weighted by atomic mass is 9.84. The lowest BCUT2D eigenvalue weighted by Gasteiger charge is -2.21. The number of rotatable bonds is 11. The van der Waals surface area contributed by atoms with E-state index in [0.717, 1.165) is 37.7 Å². The van der Waals surface area contributed by atoms with Crippen molar-refractivity contribution < 1.29 is 23.0 Å². The third-order valence-electron chi connectivity index (χ3n) is 5.95. The fourth-order valence-corrected chi connectivity index (χ4v) is 4.05. The molecule has 0 bridgehead atoms. The molecule has 0 N–H and O–H groups in total. The summed E-state index contributed by atoms with van der Waals surface area (Å²) in [4.78, 5) is 12.4. The number of carbonyl (C=O) groups is 1. The molecule has 2 aromatic rings. The van der Waals surface area contributed by atoms with E-state index in [-0.39, 0.29) is 5.75 Å². The third kappa shape index (κ3) is 6.78. The van der Waals surface area contributed by atoms with E-state index in [1.807, 2.05) is 12.1 Å². The zero-order chi connectivity index (χ0) is 22.8. The molecule has 0 unspecified atom stereocenters. The van der Waals surface area contributed by atoms with Gasteiger partial charge in [0.15, 0.2) is 11.6 Å². The van der Waals surface area contributed by atoms with E-state index in [1.54, 1.807) is 12.1 Å².